The normalized spacial score (nSPS) is 12.8. The molecule has 7 nitrogen and oxygen atoms in total. The van der Waals surface area contributed by atoms with Gasteiger partial charge in [0.15, 0.2) is 0 Å². The monoisotopic (exact) mass is 603 g/mol. The van der Waals surface area contributed by atoms with Crippen LogP contribution in [-0.2, 0) is 32.6 Å². The van der Waals surface area contributed by atoms with Gasteiger partial charge in [-0.2, -0.15) is 0 Å². The van der Waals surface area contributed by atoms with Crippen LogP contribution in [0.2, 0.25) is 10.0 Å². The molecular formula is C30H35Cl2N3O4S. The fraction of sp³-hybridized carbons (Fsp3) is 0.333. The lowest BCUT2D eigenvalue weighted by atomic mass is 10.0. The van der Waals surface area contributed by atoms with Crippen LogP contribution in [0.1, 0.15) is 37.0 Å². The number of halogens is 2. The molecule has 0 aliphatic heterocycles. The van der Waals surface area contributed by atoms with E-state index in [-0.39, 0.29) is 24.9 Å². The maximum absolute atomic E-state index is 14.1. The number of carbonyl (C=O) groups excluding carboxylic acids is 2. The lowest BCUT2D eigenvalue weighted by molar-refractivity contribution is -0.140. The van der Waals surface area contributed by atoms with E-state index in [0.29, 0.717) is 33.3 Å². The molecule has 3 aromatic rings. The van der Waals surface area contributed by atoms with Crippen molar-refractivity contribution in [2.45, 2.75) is 52.2 Å². The smallest absolute Gasteiger partial charge is 0.244 e. The standard InChI is InChI=1S/C30H35Cl2N3O4S/c1-5-22(3)33-30(37)28(18-23-11-7-6-8-12-23)34(19-24-13-9-10-14-26(24)32)29(36)20-35(40(4,38)39)27-16-15-25(31)17-21(27)2/h6-17,22,28H,5,18-20H2,1-4H3,(H,33,37)/t22-,28-/m0/s1. The summed E-state index contributed by atoms with van der Waals surface area (Å²) in [7, 11) is -3.87. The SMILES string of the molecule is CC[C@H](C)NC(=O)[C@H](Cc1ccccc1)N(Cc1ccccc1Cl)C(=O)CN(c1ccc(Cl)cc1C)S(C)(=O)=O. The lowest BCUT2D eigenvalue weighted by Crippen LogP contribution is -2.54. The van der Waals surface area contributed by atoms with Gasteiger partial charge in [-0.25, -0.2) is 8.42 Å². The average Bonchev–Trinajstić information content (AvgIpc) is 2.90. The maximum Gasteiger partial charge on any atom is 0.244 e. The van der Waals surface area contributed by atoms with Crippen LogP contribution >= 0.6 is 23.2 Å². The van der Waals surface area contributed by atoms with Crippen LogP contribution in [0.4, 0.5) is 5.69 Å². The number of anilines is 1. The number of benzene rings is 3. The first-order valence-corrected chi connectivity index (χ1v) is 15.6. The third kappa shape index (κ3) is 8.46. The Morgan fingerprint density at radius 1 is 0.975 bits per heavy atom. The molecule has 3 aromatic carbocycles. The van der Waals surface area contributed by atoms with Crippen LogP contribution in [0.15, 0.2) is 72.8 Å². The number of hydrogen-bond donors (Lipinski definition) is 1. The molecule has 3 rings (SSSR count). The van der Waals surface area contributed by atoms with Crippen molar-refractivity contribution in [3.05, 3.63) is 99.5 Å². The van der Waals surface area contributed by atoms with E-state index in [1.54, 1.807) is 49.4 Å². The van der Waals surface area contributed by atoms with Gasteiger partial charge >= 0.3 is 0 Å². The zero-order chi connectivity index (χ0) is 29.4. The van der Waals surface area contributed by atoms with Gasteiger partial charge in [-0.15, -0.1) is 0 Å². The zero-order valence-electron chi connectivity index (χ0n) is 23.1. The van der Waals surface area contributed by atoms with E-state index in [4.69, 9.17) is 23.2 Å². The number of aryl methyl sites for hydroxylation is 1. The molecule has 0 saturated heterocycles. The Morgan fingerprint density at radius 3 is 2.23 bits per heavy atom. The Balaban J connectivity index is 2.09. The summed E-state index contributed by atoms with van der Waals surface area (Å²) in [6.45, 7) is 5.09. The quantitative estimate of drug-likeness (QED) is 0.291. The molecule has 10 heteroatoms. The van der Waals surface area contributed by atoms with Crippen molar-refractivity contribution in [3.8, 4) is 0 Å². The second-order valence-electron chi connectivity index (χ2n) is 9.84. The molecule has 0 heterocycles. The first-order chi connectivity index (χ1) is 18.9. The number of nitrogens with one attached hydrogen (secondary N) is 1. The molecule has 0 unspecified atom stereocenters. The molecule has 0 aliphatic rings. The second-order valence-corrected chi connectivity index (χ2v) is 12.6. The van der Waals surface area contributed by atoms with Crippen molar-refractivity contribution < 1.29 is 18.0 Å². The second kappa shape index (κ2) is 14.0. The summed E-state index contributed by atoms with van der Waals surface area (Å²) in [4.78, 5) is 29.3. The molecule has 0 aliphatic carbocycles. The topological polar surface area (TPSA) is 86.8 Å². The summed E-state index contributed by atoms with van der Waals surface area (Å²) < 4.78 is 26.9. The summed E-state index contributed by atoms with van der Waals surface area (Å²) in [6.07, 6.45) is 1.99. The van der Waals surface area contributed by atoms with Gasteiger partial charge in [0.2, 0.25) is 21.8 Å². The number of carbonyl (C=O) groups is 2. The summed E-state index contributed by atoms with van der Waals surface area (Å²) in [5.74, 6) is -0.868. The highest BCUT2D eigenvalue weighted by Gasteiger charge is 2.34. The Labute approximate surface area is 247 Å². The fourth-order valence-corrected chi connectivity index (χ4v) is 5.63. The van der Waals surface area contributed by atoms with E-state index >= 15 is 0 Å². The van der Waals surface area contributed by atoms with Gasteiger partial charge in [0.25, 0.3) is 0 Å². The van der Waals surface area contributed by atoms with E-state index in [1.807, 2.05) is 44.2 Å². The highest BCUT2D eigenvalue weighted by molar-refractivity contribution is 7.92. The number of sulfonamides is 1. The van der Waals surface area contributed by atoms with Crippen LogP contribution in [0, 0.1) is 6.92 Å². The van der Waals surface area contributed by atoms with E-state index in [1.165, 1.54) is 4.90 Å². The van der Waals surface area contributed by atoms with E-state index in [9.17, 15) is 18.0 Å². The third-order valence-electron chi connectivity index (χ3n) is 6.68. The molecule has 0 spiro atoms. The molecular weight excluding hydrogens is 569 g/mol. The van der Waals surface area contributed by atoms with Gasteiger partial charge in [-0.3, -0.25) is 13.9 Å². The van der Waals surface area contributed by atoms with Crippen molar-refractivity contribution in [3.63, 3.8) is 0 Å². The minimum atomic E-state index is -3.87. The van der Waals surface area contributed by atoms with Gasteiger partial charge in [0, 0.05) is 29.1 Å². The zero-order valence-corrected chi connectivity index (χ0v) is 25.4. The van der Waals surface area contributed by atoms with Crippen LogP contribution in [0.5, 0.6) is 0 Å². The maximum atomic E-state index is 14.1. The summed E-state index contributed by atoms with van der Waals surface area (Å²) in [5.41, 5.74) is 2.43. The fourth-order valence-electron chi connectivity index (χ4n) is 4.30. The van der Waals surface area contributed by atoms with E-state index in [0.717, 1.165) is 16.1 Å². The van der Waals surface area contributed by atoms with E-state index < -0.39 is 28.5 Å². The Hall–Kier alpha value is -3.07. The third-order valence-corrected chi connectivity index (χ3v) is 8.41. The minimum Gasteiger partial charge on any atom is -0.352 e. The number of hydrogen-bond acceptors (Lipinski definition) is 4. The first kappa shape index (κ1) is 31.5. The van der Waals surface area contributed by atoms with Crippen molar-refractivity contribution in [2.75, 3.05) is 17.1 Å². The van der Waals surface area contributed by atoms with Crippen molar-refractivity contribution in [1.29, 1.82) is 0 Å². The molecule has 0 bridgehead atoms. The first-order valence-electron chi connectivity index (χ1n) is 13.0. The van der Waals surface area contributed by atoms with Crippen LogP contribution in [0.25, 0.3) is 0 Å². The van der Waals surface area contributed by atoms with Gasteiger partial charge in [-0.1, -0.05) is 78.7 Å². The predicted octanol–water partition coefficient (Wildman–Crippen LogP) is 5.62. The average molecular weight is 605 g/mol. The van der Waals surface area contributed by atoms with Crippen molar-refractivity contribution >= 4 is 50.7 Å². The van der Waals surface area contributed by atoms with Gasteiger partial charge in [-0.05, 0) is 61.2 Å². The summed E-state index contributed by atoms with van der Waals surface area (Å²) in [5, 5.41) is 3.89. The highest BCUT2D eigenvalue weighted by Crippen LogP contribution is 2.27. The molecule has 1 N–H and O–H groups in total. The highest BCUT2D eigenvalue weighted by atomic mass is 35.5. The summed E-state index contributed by atoms with van der Waals surface area (Å²) >= 11 is 12.6. The van der Waals surface area contributed by atoms with E-state index in [2.05, 4.69) is 5.32 Å². The van der Waals surface area contributed by atoms with Gasteiger partial charge < -0.3 is 10.2 Å². The predicted molar refractivity (Wildman–Crippen MR) is 162 cm³/mol. The Bertz CT molecular complexity index is 1430. The molecule has 214 valence electrons. The van der Waals surface area contributed by atoms with Gasteiger partial charge in [0.05, 0.1) is 11.9 Å². The minimum absolute atomic E-state index is 0.0150. The van der Waals surface area contributed by atoms with Crippen LogP contribution in [-0.4, -0.2) is 50.0 Å². The molecule has 0 aromatic heterocycles. The van der Waals surface area contributed by atoms with Crippen LogP contribution in [0.3, 0.4) is 0 Å². The number of rotatable bonds is 12. The molecule has 2 amide bonds. The molecule has 0 saturated carbocycles. The number of nitrogens with zero attached hydrogens (tertiary/aromatic N) is 2. The van der Waals surface area contributed by atoms with Crippen molar-refractivity contribution in [2.24, 2.45) is 0 Å². The summed E-state index contributed by atoms with van der Waals surface area (Å²) in [6, 6.07) is 20.2. The van der Waals surface area contributed by atoms with Gasteiger partial charge in [0.1, 0.15) is 12.6 Å². The molecule has 0 fully saturated rings. The molecule has 40 heavy (non-hydrogen) atoms. The molecule has 2 atom stereocenters. The lowest BCUT2D eigenvalue weighted by Gasteiger charge is -2.34. The Kier molecular flexibility index (Phi) is 11.0. The number of amides is 2. The van der Waals surface area contributed by atoms with Crippen molar-refractivity contribution in [1.82, 2.24) is 10.2 Å². The molecule has 0 radical (unpaired) electrons. The van der Waals surface area contributed by atoms with Crippen LogP contribution < -0.4 is 9.62 Å². The Morgan fingerprint density at radius 2 is 1.62 bits per heavy atom. The largest absolute Gasteiger partial charge is 0.352 e.